The van der Waals surface area contributed by atoms with E-state index in [0.717, 1.165) is 28.2 Å². The second-order valence-corrected chi connectivity index (χ2v) is 9.64. The van der Waals surface area contributed by atoms with Gasteiger partial charge in [-0.15, -0.1) is 5.10 Å². The van der Waals surface area contributed by atoms with Crippen molar-refractivity contribution in [2.75, 3.05) is 4.90 Å². The molecule has 166 valence electrons. The Morgan fingerprint density at radius 1 is 0.882 bits per heavy atom. The number of anilines is 1. The van der Waals surface area contributed by atoms with Crippen LogP contribution in [-0.2, 0) is 11.3 Å². The largest absolute Gasteiger partial charge is 0.303 e. The maximum absolute atomic E-state index is 13.6. The van der Waals surface area contributed by atoms with Crippen LogP contribution in [0.3, 0.4) is 0 Å². The molecule has 0 aliphatic carbocycles. The third-order valence-corrected chi connectivity index (χ3v) is 7.16. The number of hydrogen-bond acceptors (Lipinski definition) is 5. The van der Waals surface area contributed by atoms with Crippen LogP contribution in [-0.4, -0.2) is 20.5 Å². The molecule has 2 aromatic heterocycles. The summed E-state index contributed by atoms with van der Waals surface area (Å²) in [4.78, 5) is 33.5. The van der Waals surface area contributed by atoms with Gasteiger partial charge in [0, 0.05) is 21.2 Å². The zero-order valence-electron chi connectivity index (χ0n) is 17.4. The molecule has 1 aliphatic heterocycles. The molecule has 0 saturated carbocycles. The van der Waals surface area contributed by atoms with E-state index >= 15 is 0 Å². The number of carbonyl (C=O) groups is 1. The highest BCUT2D eigenvalue weighted by Gasteiger charge is 2.34. The van der Waals surface area contributed by atoms with Gasteiger partial charge in [-0.25, -0.2) is 0 Å². The SMILES string of the molecule is O=C1/C(=c2\sc3nc(-c4cccc(Cl)c4)nn3c2=O)c2ccccc2N1Cc1ccc(Cl)cc1. The van der Waals surface area contributed by atoms with Crippen LogP contribution in [0.4, 0.5) is 5.69 Å². The molecule has 5 aromatic rings. The quantitative estimate of drug-likeness (QED) is 0.360. The summed E-state index contributed by atoms with van der Waals surface area (Å²) in [7, 11) is 0. The summed E-state index contributed by atoms with van der Waals surface area (Å²) >= 11 is 13.2. The fourth-order valence-electron chi connectivity index (χ4n) is 4.06. The topological polar surface area (TPSA) is 67.6 Å². The van der Waals surface area contributed by atoms with Gasteiger partial charge in [-0.05, 0) is 35.9 Å². The molecule has 0 bridgehead atoms. The normalized spacial score (nSPS) is 14.8. The number of hydrogen-bond donors (Lipinski definition) is 0. The van der Waals surface area contributed by atoms with Crippen LogP contribution < -0.4 is 15.0 Å². The molecule has 9 heteroatoms. The molecule has 0 saturated heterocycles. The van der Waals surface area contributed by atoms with Crippen molar-refractivity contribution in [3.63, 3.8) is 0 Å². The molecule has 1 amide bonds. The van der Waals surface area contributed by atoms with E-state index in [4.69, 9.17) is 23.2 Å². The molecule has 1 aliphatic rings. The monoisotopic (exact) mass is 504 g/mol. The van der Waals surface area contributed by atoms with Crippen molar-refractivity contribution < 1.29 is 4.79 Å². The lowest BCUT2D eigenvalue weighted by molar-refractivity contribution is -0.113. The molecule has 0 radical (unpaired) electrons. The first kappa shape index (κ1) is 21.0. The van der Waals surface area contributed by atoms with E-state index in [1.807, 2.05) is 42.5 Å². The zero-order valence-corrected chi connectivity index (χ0v) is 19.7. The Morgan fingerprint density at radius 3 is 2.44 bits per heavy atom. The fourth-order valence-corrected chi connectivity index (χ4v) is 5.38. The van der Waals surface area contributed by atoms with Gasteiger partial charge in [-0.3, -0.25) is 9.59 Å². The summed E-state index contributed by atoms with van der Waals surface area (Å²) in [5.74, 6) is 0.178. The van der Waals surface area contributed by atoms with Crippen LogP contribution >= 0.6 is 34.5 Å². The van der Waals surface area contributed by atoms with E-state index in [-0.39, 0.29) is 11.5 Å². The first-order chi connectivity index (χ1) is 16.5. The van der Waals surface area contributed by atoms with E-state index in [1.165, 1.54) is 4.52 Å². The lowest BCUT2D eigenvalue weighted by Crippen LogP contribution is -2.32. The molecule has 0 fully saturated rings. The van der Waals surface area contributed by atoms with E-state index in [1.54, 1.807) is 35.2 Å². The summed E-state index contributed by atoms with van der Waals surface area (Å²) in [5.41, 5.74) is 3.13. The molecule has 0 unspecified atom stereocenters. The Kier molecular flexibility index (Phi) is 4.99. The molecule has 6 rings (SSSR count). The molecule has 0 N–H and O–H groups in total. The number of thiazole rings is 1. The number of amides is 1. The smallest absolute Gasteiger partial charge is 0.291 e. The van der Waals surface area contributed by atoms with Crippen molar-refractivity contribution in [2.45, 2.75) is 6.54 Å². The average molecular weight is 505 g/mol. The fraction of sp³-hybridized carbons (Fsp3) is 0.0400. The number of rotatable bonds is 3. The highest BCUT2D eigenvalue weighted by atomic mass is 35.5. The Bertz CT molecular complexity index is 1710. The number of benzene rings is 3. The minimum Gasteiger partial charge on any atom is -0.303 e. The lowest BCUT2D eigenvalue weighted by Gasteiger charge is -2.17. The molecular formula is C25H14Cl2N4O2S. The van der Waals surface area contributed by atoms with Crippen molar-refractivity contribution >= 4 is 56.7 Å². The van der Waals surface area contributed by atoms with E-state index in [2.05, 4.69) is 10.1 Å². The maximum Gasteiger partial charge on any atom is 0.291 e. The van der Waals surface area contributed by atoms with Crippen LogP contribution in [0.2, 0.25) is 10.0 Å². The molecule has 3 heterocycles. The van der Waals surface area contributed by atoms with Crippen LogP contribution in [0.25, 0.3) is 21.9 Å². The van der Waals surface area contributed by atoms with Crippen molar-refractivity contribution in [2.24, 2.45) is 0 Å². The first-order valence-electron chi connectivity index (χ1n) is 10.3. The summed E-state index contributed by atoms with van der Waals surface area (Å²) < 4.78 is 1.57. The standard InChI is InChI=1S/C25H14Cl2N4O2S/c26-16-10-8-14(9-11-16)13-30-19-7-2-1-6-18(19)20(23(30)32)21-24(33)31-25(34-21)28-22(29-31)15-4-3-5-17(27)12-15/h1-12H,13H2/b21-20-. The Hall–Kier alpha value is -3.52. The molecular weight excluding hydrogens is 491 g/mol. The molecule has 3 aromatic carbocycles. The number of aromatic nitrogens is 3. The Balaban J connectivity index is 1.49. The van der Waals surface area contributed by atoms with E-state index in [9.17, 15) is 9.59 Å². The highest BCUT2D eigenvalue weighted by molar-refractivity contribution is 7.15. The first-order valence-corrected chi connectivity index (χ1v) is 11.9. The third kappa shape index (κ3) is 3.40. The molecule has 34 heavy (non-hydrogen) atoms. The minimum atomic E-state index is -0.368. The van der Waals surface area contributed by atoms with Crippen LogP contribution in [0.5, 0.6) is 0 Å². The summed E-state index contributed by atoms with van der Waals surface area (Å²) in [6.07, 6.45) is 0. The van der Waals surface area contributed by atoms with Crippen molar-refractivity contribution in [1.29, 1.82) is 0 Å². The van der Waals surface area contributed by atoms with Gasteiger partial charge in [0.15, 0.2) is 5.82 Å². The van der Waals surface area contributed by atoms with Gasteiger partial charge in [0.05, 0.1) is 17.8 Å². The number of carbonyl (C=O) groups excluding carboxylic acids is 1. The summed E-state index contributed by atoms with van der Waals surface area (Å²) in [5, 5.41) is 5.58. The van der Waals surface area contributed by atoms with Crippen molar-refractivity contribution in [3.8, 4) is 11.4 Å². The van der Waals surface area contributed by atoms with Gasteiger partial charge >= 0.3 is 0 Å². The molecule has 0 atom stereocenters. The van der Waals surface area contributed by atoms with Gasteiger partial charge in [-0.2, -0.15) is 9.50 Å². The summed E-state index contributed by atoms with van der Waals surface area (Å²) in [6.45, 7) is 0.365. The third-order valence-electron chi connectivity index (χ3n) is 5.64. The Labute approximate surface area is 207 Å². The summed E-state index contributed by atoms with van der Waals surface area (Å²) in [6, 6.07) is 22.0. The van der Waals surface area contributed by atoms with Crippen molar-refractivity contribution in [3.05, 3.63) is 109 Å². The maximum atomic E-state index is 13.6. The minimum absolute atomic E-state index is 0.229. The van der Waals surface area contributed by atoms with Crippen LogP contribution in [0, 0.1) is 0 Å². The van der Waals surface area contributed by atoms with Gasteiger partial charge < -0.3 is 4.90 Å². The van der Waals surface area contributed by atoms with Gasteiger partial charge in [0.1, 0.15) is 4.53 Å². The number of nitrogens with zero attached hydrogens (tertiary/aromatic N) is 4. The predicted octanol–water partition coefficient (Wildman–Crippen LogP) is 4.59. The van der Waals surface area contributed by atoms with Gasteiger partial charge in [0.25, 0.3) is 11.5 Å². The number of halogens is 2. The molecule has 0 spiro atoms. The average Bonchev–Trinajstić information content (AvgIpc) is 3.47. The number of para-hydroxylation sites is 1. The second-order valence-electron chi connectivity index (χ2n) is 7.79. The van der Waals surface area contributed by atoms with Crippen LogP contribution in [0.1, 0.15) is 11.1 Å². The van der Waals surface area contributed by atoms with Crippen molar-refractivity contribution in [1.82, 2.24) is 14.6 Å². The lowest BCUT2D eigenvalue weighted by atomic mass is 10.1. The van der Waals surface area contributed by atoms with E-state index < -0.39 is 0 Å². The molecule has 6 nitrogen and oxygen atoms in total. The Morgan fingerprint density at radius 2 is 1.68 bits per heavy atom. The van der Waals surface area contributed by atoms with Gasteiger partial charge in [-0.1, -0.05) is 77.0 Å². The highest BCUT2D eigenvalue weighted by Crippen LogP contribution is 2.36. The van der Waals surface area contributed by atoms with Crippen LogP contribution in [0.15, 0.2) is 77.6 Å². The number of fused-ring (bicyclic) bond motifs is 2. The van der Waals surface area contributed by atoms with E-state index in [0.29, 0.717) is 43.0 Å². The van der Waals surface area contributed by atoms with Gasteiger partial charge in [0.2, 0.25) is 4.96 Å². The predicted molar refractivity (Wildman–Crippen MR) is 134 cm³/mol. The zero-order chi connectivity index (χ0) is 23.4. The second kappa shape index (κ2) is 8.06.